The van der Waals surface area contributed by atoms with E-state index in [9.17, 15) is 4.79 Å². The average Bonchev–Trinajstić information content (AvgIpc) is 2.36. The minimum Gasteiger partial charge on any atom is -0.478 e. The molecule has 104 valence electrons. The van der Waals surface area contributed by atoms with Crippen molar-refractivity contribution in [2.45, 2.75) is 12.8 Å². The van der Waals surface area contributed by atoms with Crippen molar-refractivity contribution in [2.75, 3.05) is 32.0 Å². The molecule has 2 rings (SSSR count). The van der Waals surface area contributed by atoms with Gasteiger partial charge in [-0.15, -0.1) is 0 Å². The van der Waals surface area contributed by atoms with E-state index in [1.165, 1.54) is 18.6 Å². The van der Waals surface area contributed by atoms with Crippen molar-refractivity contribution >= 4 is 23.4 Å². The van der Waals surface area contributed by atoms with Gasteiger partial charge < -0.3 is 15.3 Å². The minimum atomic E-state index is -0.993. The molecule has 1 aromatic heterocycles. The Hall–Kier alpha value is -1.33. The van der Waals surface area contributed by atoms with E-state index in [2.05, 4.69) is 22.2 Å². The maximum absolute atomic E-state index is 11.1. The van der Waals surface area contributed by atoms with Gasteiger partial charge in [0.15, 0.2) is 0 Å². The van der Waals surface area contributed by atoms with Crippen molar-refractivity contribution in [1.82, 2.24) is 9.88 Å². The number of carbonyl (C=O) groups is 1. The minimum absolute atomic E-state index is 0.161. The first-order valence-corrected chi connectivity index (χ1v) is 6.76. The summed E-state index contributed by atoms with van der Waals surface area (Å²) in [6, 6.07) is 2.97. The van der Waals surface area contributed by atoms with Gasteiger partial charge >= 0.3 is 5.97 Å². The zero-order valence-corrected chi connectivity index (χ0v) is 11.7. The molecule has 1 unspecified atom stereocenters. The first-order chi connectivity index (χ1) is 9.06. The molecule has 1 aliphatic rings. The van der Waals surface area contributed by atoms with Crippen LogP contribution in [0, 0.1) is 5.92 Å². The molecule has 0 spiro atoms. The lowest BCUT2D eigenvalue weighted by Crippen LogP contribution is -2.35. The number of anilines is 1. The van der Waals surface area contributed by atoms with Crippen LogP contribution >= 0.6 is 11.6 Å². The standard InChI is InChI=1S/C13H18ClN3O2/c1-17-6-2-3-9(8-17)7-15-12-10(13(18)19)4-5-11(14)16-12/h4-5,9H,2-3,6-8H2,1H3,(H,15,16)(H,18,19). The third-order valence-electron chi connectivity index (χ3n) is 3.37. The second-order valence-electron chi connectivity index (χ2n) is 4.99. The molecular formula is C13H18ClN3O2. The highest BCUT2D eigenvalue weighted by molar-refractivity contribution is 6.29. The molecule has 0 aliphatic carbocycles. The molecule has 5 nitrogen and oxygen atoms in total. The number of rotatable bonds is 4. The zero-order valence-electron chi connectivity index (χ0n) is 10.9. The molecule has 19 heavy (non-hydrogen) atoms. The van der Waals surface area contributed by atoms with E-state index in [0.29, 0.717) is 16.9 Å². The number of piperidine rings is 1. The van der Waals surface area contributed by atoms with E-state index in [4.69, 9.17) is 16.7 Å². The molecule has 2 N–H and O–H groups in total. The maximum Gasteiger partial charge on any atom is 0.339 e. The Labute approximate surface area is 117 Å². The van der Waals surface area contributed by atoms with E-state index >= 15 is 0 Å². The second-order valence-corrected chi connectivity index (χ2v) is 5.37. The monoisotopic (exact) mass is 283 g/mol. The highest BCUT2D eigenvalue weighted by atomic mass is 35.5. The summed E-state index contributed by atoms with van der Waals surface area (Å²) in [6.07, 6.45) is 2.33. The number of pyridine rings is 1. The smallest absolute Gasteiger partial charge is 0.339 e. The molecule has 0 aromatic carbocycles. The number of hydrogen-bond acceptors (Lipinski definition) is 4. The molecule has 1 saturated heterocycles. The van der Waals surface area contributed by atoms with Crippen LogP contribution in [0.15, 0.2) is 12.1 Å². The van der Waals surface area contributed by atoms with Crippen molar-refractivity contribution in [2.24, 2.45) is 5.92 Å². The molecule has 6 heteroatoms. The zero-order chi connectivity index (χ0) is 13.8. The number of aromatic nitrogens is 1. The van der Waals surface area contributed by atoms with Gasteiger partial charge in [-0.05, 0) is 44.5 Å². The number of halogens is 1. The lowest BCUT2D eigenvalue weighted by molar-refractivity contribution is 0.0697. The summed E-state index contributed by atoms with van der Waals surface area (Å²) in [5.41, 5.74) is 0.161. The molecule has 1 fully saturated rings. The van der Waals surface area contributed by atoms with E-state index in [1.807, 2.05) is 0 Å². The predicted octanol–water partition coefficient (Wildman–Crippen LogP) is 2.19. The van der Waals surface area contributed by atoms with E-state index in [1.54, 1.807) is 0 Å². The summed E-state index contributed by atoms with van der Waals surface area (Å²) in [5.74, 6) is -0.123. The first-order valence-electron chi connectivity index (χ1n) is 6.38. The Balaban J connectivity index is 2.02. The summed E-state index contributed by atoms with van der Waals surface area (Å²) in [7, 11) is 2.10. The summed E-state index contributed by atoms with van der Waals surface area (Å²) >= 11 is 5.81. The van der Waals surface area contributed by atoms with Gasteiger partial charge in [-0.25, -0.2) is 9.78 Å². The van der Waals surface area contributed by atoms with Crippen LogP contribution in [0.2, 0.25) is 5.15 Å². The lowest BCUT2D eigenvalue weighted by Gasteiger charge is -2.29. The van der Waals surface area contributed by atoms with Crippen LogP contribution in [-0.4, -0.2) is 47.6 Å². The lowest BCUT2D eigenvalue weighted by atomic mass is 9.98. The SMILES string of the molecule is CN1CCCC(CNc2nc(Cl)ccc2C(=O)O)C1. The quantitative estimate of drug-likeness (QED) is 0.829. The number of nitrogens with zero attached hydrogens (tertiary/aromatic N) is 2. The molecule has 2 heterocycles. The van der Waals surface area contributed by atoms with Crippen molar-refractivity contribution in [1.29, 1.82) is 0 Å². The number of carboxylic acids is 1. The number of likely N-dealkylation sites (tertiary alicyclic amines) is 1. The summed E-state index contributed by atoms with van der Waals surface area (Å²) in [4.78, 5) is 17.5. The number of hydrogen-bond donors (Lipinski definition) is 2. The fraction of sp³-hybridized carbons (Fsp3) is 0.538. The van der Waals surface area contributed by atoms with Crippen LogP contribution in [0.1, 0.15) is 23.2 Å². The Kier molecular flexibility index (Phi) is 4.61. The summed E-state index contributed by atoms with van der Waals surface area (Å²) in [5, 5.41) is 12.5. The Morgan fingerprint density at radius 1 is 1.63 bits per heavy atom. The van der Waals surface area contributed by atoms with Crippen LogP contribution in [0.25, 0.3) is 0 Å². The van der Waals surface area contributed by atoms with Gasteiger partial charge in [0.1, 0.15) is 16.5 Å². The van der Waals surface area contributed by atoms with Crippen molar-refractivity contribution in [3.8, 4) is 0 Å². The van der Waals surface area contributed by atoms with Crippen LogP contribution in [0.3, 0.4) is 0 Å². The van der Waals surface area contributed by atoms with Crippen molar-refractivity contribution < 1.29 is 9.90 Å². The van der Waals surface area contributed by atoms with Crippen molar-refractivity contribution in [3.05, 3.63) is 22.8 Å². The van der Waals surface area contributed by atoms with Gasteiger partial charge in [-0.2, -0.15) is 0 Å². The van der Waals surface area contributed by atoms with Crippen LogP contribution in [0.5, 0.6) is 0 Å². The van der Waals surface area contributed by atoms with Gasteiger partial charge in [-0.1, -0.05) is 11.6 Å². The fourth-order valence-corrected chi connectivity index (χ4v) is 2.57. The summed E-state index contributed by atoms with van der Waals surface area (Å²) in [6.45, 7) is 2.88. The topological polar surface area (TPSA) is 65.5 Å². The van der Waals surface area contributed by atoms with Crippen LogP contribution < -0.4 is 5.32 Å². The molecule has 1 atom stereocenters. The maximum atomic E-state index is 11.1. The predicted molar refractivity (Wildman–Crippen MR) is 74.9 cm³/mol. The number of carboxylic acid groups (broad SMARTS) is 1. The molecule has 0 amide bonds. The highest BCUT2D eigenvalue weighted by Gasteiger charge is 2.18. The van der Waals surface area contributed by atoms with Gasteiger partial charge in [0.25, 0.3) is 0 Å². The molecule has 0 radical (unpaired) electrons. The normalized spacial score (nSPS) is 20.2. The molecule has 1 aliphatic heterocycles. The highest BCUT2D eigenvalue weighted by Crippen LogP contribution is 2.19. The molecule has 0 bridgehead atoms. The summed E-state index contributed by atoms with van der Waals surface area (Å²) < 4.78 is 0. The first kappa shape index (κ1) is 14.1. The third kappa shape index (κ3) is 3.81. The Bertz CT molecular complexity index is 467. The van der Waals surface area contributed by atoms with E-state index in [-0.39, 0.29) is 5.56 Å². The largest absolute Gasteiger partial charge is 0.478 e. The Morgan fingerprint density at radius 3 is 3.11 bits per heavy atom. The van der Waals surface area contributed by atoms with Gasteiger partial charge in [0.2, 0.25) is 0 Å². The molecular weight excluding hydrogens is 266 g/mol. The average molecular weight is 284 g/mol. The van der Waals surface area contributed by atoms with E-state index in [0.717, 1.165) is 26.1 Å². The van der Waals surface area contributed by atoms with Crippen LogP contribution in [0.4, 0.5) is 5.82 Å². The van der Waals surface area contributed by atoms with Gasteiger partial charge in [0, 0.05) is 13.1 Å². The number of aromatic carboxylic acids is 1. The molecule has 0 saturated carbocycles. The second kappa shape index (κ2) is 6.21. The van der Waals surface area contributed by atoms with Crippen molar-refractivity contribution in [3.63, 3.8) is 0 Å². The van der Waals surface area contributed by atoms with Gasteiger partial charge in [-0.3, -0.25) is 0 Å². The van der Waals surface area contributed by atoms with E-state index < -0.39 is 5.97 Å². The van der Waals surface area contributed by atoms with Crippen LogP contribution in [-0.2, 0) is 0 Å². The fourth-order valence-electron chi connectivity index (χ4n) is 2.42. The third-order valence-corrected chi connectivity index (χ3v) is 3.58. The van der Waals surface area contributed by atoms with Gasteiger partial charge in [0.05, 0.1) is 0 Å². The molecule has 1 aromatic rings. The Morgan fingerprint density at radius 2 is 2.42 bits per heavy atom. The number of nitrogens with one attached hydrogen (secondary N) is 1.